The first-order chi connectivity index (χ1) is 12.9. The summed E-state index contributed by atoms with van der Waals surface area (Å²) in [6.07, 6.45) is 4.23. The lowest BCUT2D eigenvalue weighted by molar-refractivity contribution is 0.0453. The minimum atomic E-state index is -0.825. The van der Waals surface area contributed by atoms with E-state index in [4.69, 9.17) is 0 Å². The van der Waals surface area contributed by atoms with Crippen LogP contribution in [0.2, 0.25) is 0 Å². The molecule has 2 amide bonds. The van der Waals surface area contributed by atoms with E-state index >= 15 is 0 Å². The van der Waals surface area contributed by atoms with E-state index in [9.17, 15) is 14.7 Å². The van der Waals surface area contributed by atoms with Crippen LogP contribution in [-0.4, -0.2) is 28.4 Å². The molecule has 1 atom stereocenters. The van der Waals surface area contributed by atoms with Crippen molar-refractivity contribution in [3.8, 4) is 0 Å². The third-order valence-electron chi connectivity index (χ3n) is 5.29. The third kappa shape index (κ3) is 4.11. The fraction of sp³-hybridized carbons (Fsp3) is 0.391. The topological polar surface area (TPSA) is 57.6 Å². The number of fused-ring (bicyclic) bond motifs is 1. The van der Waals surface area contributed by atoms with E-state index < -0.39 is 5.60 Å². The van der Waals surface area contributed by atoms with Gasteiger partial charge in [0.1, 0.15) is 0 Å². The Bertz CT molecular complexity index is 806. The van der Waals surface area contributed by atoms with Gasteiger partial charge >= 0.3 is 0 Å². The Hall–Kier alpha value is -2.46. The van der Waals surface area contributed by atoms with Crippen LogP contribution in [0.4, 0.5) is 0 Å². The van der Waals surface area contributed by atoms with Crippen LogP contribution in [0.3, 0.4) is 0 Å². The van der Waals surface area contributed by atoms with Gasteiger partial charge in [0.15, 0.2) is 0 Å². The van der Waals surface area contributed by atoms with Crippen LogP contribution in [0.25, 0.3) is 0 Å². The molecule has 4 nitrogen and oxygen atoms in total. The zero-order valence-electron chi connectivity index (χ0n) is 16.1. The molecule has 1 aliphatic rings. The molecule has 0 radical (unpaired) electrons. The van der Waals surface area contributed by atoms with Crippen LogP contribution in [0.1, 0.15) is 71.4 Å². The van der Waals surface area contributed by atoms with Crippen LogP contribution in [0.5, 0.6) is 0 Å². The molecule has 0 bridgehead atoms. The smallest absolute Gasteiger partial charge is 0.261 e. The van der Waals surface area contributed by atoms with Gasteiger partial charge in [-0.3, -0.25) is 14.5 Å². The van der Waals surface area contributed by atoms with Gasteiger partial charge in [0.25, 0.3) is 11.8 Å². The summed E-state index contributed by atoms with van der Waals surface area (Å²) < 4.78 is 0. The fourth-order valence-electron chi connectivity index (χ4n) is 3.61. The van der Waals surface area contributed by atoms with Gasteiger partial charge < -0.3 is 5.11 Å². The predicted octanol–water partition coefficient (Wildman–Crippen LogP) is 4.31. The highest BCUT2D eigenvalue weighted by Crippen LogP contribution is 2.28. The van der Waals surface area contributed by atoms with Crippen molar-refractivity contribution in [3.05, 3.63) is 70.8 Å². The molecule has 1 heterocycles. The Morgan fingerprint density at radius 1 is 0.963 bits per heavy atom. The van der Waals surface area contributed by atoms with Crippen LogP contribution in [-0.2, 0) is 12.0 Å². The second-order valence-electron chi connectivity index (χ2n) is 7.49. The first-order valence-corrected chi connectivity index (χ1v) is 9.71. The highest BCUT2D eigenvalue weighted by Gasteiger charge is 2.34. The molecule has 0 saturated carbocycles. The number of hydrogen-bond acceptors (Lipinski definition) is 3. The molecule has 0 aliphatic carbocycles. The second-order valence-corrected chi connectivity index (χ2v) is 7.49. The van der Waals surface area contributed by atoms with Crippen molar-refractivity contribution in [2.75, 3.05) is 6.54 Å². The summed E-state index contributed by atoms with van der Waals surface area (Å²) >= 11 is 0. The average molecular weight is 365 g/mol. The van der Waals surface area contributed by atoms with Gasteiger partial charge in [0.05, 0.1) is 16.7 Å². The molecule has 0 fully saturated rings. The number of unbranched alkanes of at least 4 members (excludes halogenated alkanes) is 1. The van der Waals surface area contributed by atoms with Crippen LogP contribution >= 0.6 is 0 Å². The molecule has 1 aliphatic heterocycles. The molecular formula is C23H27NO3. The number of amides is 2. The molecule has 2 aromatic carbocycles. The largest absolute Gasteiger partial charge is 0.385 e. The lowest BCUT2D eigenvalue weighted by Gasteiger charge is -2.24. The van der Waals surface area contributed by atoms with Crippen molar-refractivity contribution in [3.63, 3.8) is 0 Å². The second kappa shape index (κ2) is 8.05. The maximum Gasteiger partial charge on any atom is 0.261 e. The van der Waals surface area contributed by atoms with E-state index in [0.717, 1.165) is 36.8 Å². The Kier molecular flexibility index (Phi) is 5.76. The monoisotopic (exact) mass is 365 g/mol. The molecule has 0 spiro atoms. The van der Waals surface area contributed by atoms with Gasteiger partial charge in [0.2, 0.25) is 0 Å². The number of hydrogen-bond donors (Lipinski definition) is 1. The van der Waals surface area contributed by atoms with Crippen molar-refractivity contribution < 1.29 is 14.7 Å². The highest BCUT2D eigenvalue weighted by atomic mass is 16.3. The van der Waals surface area contributed by atoms with Crippen LogP contribution < -0.4 is 0 Å². The van der Waals surface area contributed by atoms with E-state index in [1.54, 1.807) is 24.3 Å². The lowest BCUT2D eigenvalue weighted by Crippen LogP contribution is -2.31. The van der Waals surface area contributed by atoms with Crippen LogP contribution in [0, 0.1) is 0 Å². The lowest BCUT2D eigenvalue weighted by atomic mass is 9.89. The zero-order valence-corrected chi connectivity index (χ0v) is 16.1. The Labute approximate surface area is 160 Å². The van der Waals surface area contributed by atoms with Crippen molar-refractivity contribution >= 4 is 11.8 Å². The predicted molar refractivity (Wildman–Crippen MR) is 106 cm³/mol. The summed E-state index contributed by atoms with van der Waals surface area (Å²) in [6.45, 7) is 4.38. The van der Waals surface area contributed by atoms with E-state index in [0.29, 0.717) is 24.1 Å². The maximum atomic E-state index is 12.4. The molecule has 3 rings (SSSR count). The molecule has 142 valence electrons. The van der Waals surface area contributed by atoms with Gasteiger partial charge in [-0.05, 0) is 49.4 Å². The standard InChI is InChI=1S/C23H27NO3/c1-3-4-14-23(2,27)18-11-7-9-17(16-18)10-8-15-24-21(25)19-12-5-6-13-20(19)22(24)26/h5-7,9,11-13,16,27H,3-4,8,10,14-15H2,1-2H3. The molecular weight excluding hydrogens is 338 g/mol. The van der Waals surface area contributed by atoms with E-state index in [2.05, 4.69) is 6.92 Å². The Morgan fingerprint density at radius 3 is 2.26 bits per heavy atom. The van der Waals surface area contributed by atoms with E-state index in [-0.39, 0.29) is 11.8 Å². The molecule has 27 heavy (non-hydrogen) atoms. The first kappa shape index (κ1) is 19.3. The summed E-state index contributed by atoms with van der Waals surface area (Å²) in [4.78, 5) is 26.2. The Morgan fingerprint density at radius 2 is 1.63 bits per heavy atom. The van der Waals surface area contributed by atoms with Crippen molar-refractivity contribution in [1.29, 1.82) is 0 Å². The van der Waals surface area contributed by atoms with E-state index in [1.165, 1.54) is 4.90 Å². The molecule has 2 aromatic rings. The average Bonchev–Trinajstić information content (AvgIpc) is 2.92. The number of aryl methyl sites for hydroxylation is 1. The summed E-state index contributed by atoms with van der Waals surface area (Å²) in [5.74, 6) is -0.404. The SMILES string of the molecule is CCCCC(C)(O)c1cccc(CCCN2C(=O)c3ccccc3C2=O)c1. The molecule has 1 N–H and O–H groups in total. The number of nitrogens with zero attached hydrogens (tertiary/aromatic N) is 1. The fourth-order valence-corrected chi connectivity index (χ4v) is 3.61. The van der Waals surface area contributed by atoms with E-state index in [1.807, 2.05) is 31.2 Å². The third-order valence-corrected chi connectivity index (χ3v) is 5.29. The zero-order chi connectivity index (χ0) is 19.4. The normalized spacial score (nSPS) is 15.7. The van der Waals surface area contributed by atoms with Crippen molar-refractivity contribution in [1.82, 2.24) is 4.90 Å². The minimum absolute atomic E-state index is 0.202. The molecule has 4 heteroatoms. The summed E-state index contributed by atoms with van der Waals surface area (Å²) in [7, 11) is 0. The summed E-state index contributed by atoms with van der Waals surface area (Å²) in [5.41, 5.74) is 2.21. The number of imide groups is 1. The maximum absolute atomic E-state index is 12.4. The van der Waals surface area contributed by atoms with Gasteiger partial charge in [0, 0.05) is 6.54 Å². The van der Waals surface area contributed by atoms with Gasteiger partial charge in [-0.2, -0.15) is 0 Å². The molecule has 0 aromatic heterocycles. The summed E-state index contributed by atoms with van der Waals surface area (Å²) in [5, 5.41) is 10.7. The molecule has 0 saturated heterocycles. The van der Waals surface area contributed by atoms with Gasteiger partial charge in [-0.25, -0.2) is 0 Å². The highest BCUT2D eigenvalue weighted by molar-refractivity contribution is 6.21. The van der Waals surface area contributed by atoms with Crippen molar-refractivity contribution in [2.45, 2.75) is 51.6 Å². The van der Waals surface area contributed by atoms with Crippen molar-refractivity contribution in [2.24, 2.45) is 0 Å². The number of benzene rings is 2. The minimum Gasteiger partial charge on any atom is -0.385 e. The van der Waals surface area contributed by atoms with Crippen LogP contribution in [0.15, 0.2) is 48.5 Å². The van der Waals surface area contributed by atoms with Gasteiger partial charge in [-0.15, -0.1) is 0 Å². The number of rotatable bonds is 8. The number of carbonyl (C=O) groups excluding carboxylic acids is 2. The summed E-state index contributed by atoms with van der Waals surface area (Å²) in [6, 6.07) is 15.0. The first-order valence-electron chi connectivity index (χ1n) is 9.71. The van der Waals surface area contributed by atoms with Gasteiger partial charge in [-0.1, -0.05) is 56.2 Å². The number of aliphatic hydroxyl groups is 1. The quantitative estimate of drug-likeness (QED) is 0.709. The number of carbonyl (C=O) groups is 2. The Balaban J connectivity index is 1.61. The molecule has 1 unspecified atom stereocenters.